The number of unbranched alkanes of at least 4 members (excludes halogenated alkanes) is 13. The van der Waals surface area contributed by atoms with Crippen LogP contribution in [0.15, 0.2) is 0 Å². The summed E-state index contributed by atoms with van der Waals surface area (Å²) in [6.45, 7) is 5.11. The van der Waals surface area contributed by atoms with Crippen LogP contribution in [0.5, 0.6) is 0 Å². The number of aliphatic hydroxyl groups is 2. The van der Waals surface area contributed by atoms with Crippen LogP contribution in [0.1, 0.15) is 117 Å². The lowest BCUT2D eigenvalue weighted by atomic mass is 9.92. The quantitative estimate of drug-likeness (QED) is 0.141. The fraction of sp³-hybridized carbons (Fsp3) is 0.957. The smallest absolute Gasteiger partial charge is 0.228 e. The van der Waals surface area contributed by atoms with E-state index in [9.17, 15) is 9.90 Å². The molecule has 0 amide bonds. The lowest BCUT2D eigenvalue weighted by Crippen LogP contribution is -2.47. The maximum Gasteiger partial charge on any atom is 0.228 e. The van der Waals surface area contributed by atoms with E-state index in [1.807, 2.05) is 0 Å². The van der Waals surface area contributed by atoms with Gasteiger partial charge in [0.2, 0.25) is 17.9 Å². The topological polar surface area (TPSA) is 84.4 Å². The van der Waals surface area contributed by atoms with Gasteiger partial charge in [-0.15, -0.1) is 4.70 Å². The molecule has 0 saturated carbocycles. The SMILES string of the molecule is CCCCCCCCCCCCCCCCC(O)C(C)(C)[N+](=N)CC(=O)CO. The molecule has 1 atom stereocenters. The molecule has 0 heterocycles. The molecule has 0 spiro atoms. The van der Waals surface area contributed by atoms with Crippen molar-refractivity contribution in [3.63, 3.8) is 0 Å². The molecule has 0 aromatic heterocycles. The van der Waals surface area contributed by atoms with Gasteiger partial charge in [0.25, 0.3) is 0 Å². The Morgan fingerprint density at radius 1 is 0.857 bits per heavy atom. The fourth-order valence-corrected chi connectivity index (χ4v) is 3.50. The normalized spacial score (nSPS) is 12.9. The van der Waals surface area contributed by atoms with Crippen molar-refractivity contribution in [2.45, 2.75) is 129 Å². The van der Waals surface area contributed by atoms with Gasteiger partial charge in [-0.2, -0.15) is 0 Å². The van der Waals surface area contributed by atoms with Crippen molar-refractivity contribution >= 4 is 5.78 Å². The molecule has 3 N–H and O–H groups in total. The molecule has 0 saturated heterocycles. The molecular weight excluding hydrogens is 352 g/mol. The van der Waals surface area contributed by atoms with Crippen LogP contribution in [0.3, 0.4) is 0 Å². The van der Waals surface area contributed by atoms with Crippen molar-refractivity contribution in [1.82, 2.24) is 0 Å². The molecule has 0 aliphatic rings. The third-order valence-electron chi connectivity index (χ3n) is 5.85. The zero-order valence-corrected chi connectivity index (χ0v) is 18.8. The van der Waals surface area contributed by atoms with Crippen LogP contribution in [0.4, 0.5) is 0 Å². The van der Waals surface area contributed by atoms with E-state index in [1.165, 1.54) is 77.0 Å². The molecule has 0 aliphatic carbocycles. The predicted molar refractivity (Wildman–Crippen MR) is 115 cm³/mol. The Morgan fingerprint density at radius 3 is 1.64 bits per heavy atom. The van der Waals surface area contributed by atoms with Gasteiger partial charge in [0, 0.05) is 13.8 Å². The zero-order chi connectivity index (χ0) is 21.3. The van der Waals surface area contributed by atoms with Crippen molar-refractivity contribution in [3.8, 4) is 0 Å². The van der Waals surface area contributed by atoms with Crippen molar-refractivity contribution < 1.29 is 19.7 Å². The van der Waals surface area contributed by atoms with Crippen molar-refractivity contribution in [2.24, 2.45) is 0 Å². The summed E-state index contributed by atoms with van der Waals surface area (Å²) < 4.78 is 1.10. The number of hydrogen-bond acceptors (Lipinski definition) is 4. The summed E-state index contributed by atoms with van der Waals surface area (Å²) in [5.41, 5.74) is 7.17. The maximum absolute atomic E-state index is 11.3. The Hall–Kier alpha value is -0.810. The largest absolute Gasteiger partial charge is 0.388 e. The van der Waals surface area contributed by atoms with Gasteiger partial charge in [0.1, 0.15) is 12.7 Å². The molecular formula is C23H47N2O3+. The van der Waals surface area contributed by atoms with E-state index in [-0.39, 0.29) is 6.54 Å². The first-order valence-corrected chi connectivity index (χ1v) is 11.7. The second-order valence-electron chi connectivity index (χ2n) is 8.84. The van der Waals surface area contributed by atoms with E-state index in [0.29, 0.717) is 6.42 Å². The third-order valence-corrected chi connectivity index (χ3v) is 5.85. The highest BCUT2D eigenvalue weighted by atomic mass is 16.3. The van der Waals surface area contributed by atoms with Crippen molar-refractivity contribution in [1.29, 1.82) is 5.53 Å². The molecule has 0 fully saturated rings. The van der Waals surface area contributed by atoms with Crippen molar-refractivity contribution in [2.75, 3.05) is 13.2 Å². The molecule has 28 heavy (non-hydrogen) atoms. The van der Waals surface area contributed by atoms with Crippen LogP contribution in [-0.4, -0.2) is 45.5 Å². The number of carbonyl (C=O) groups is 1. The number of aliphatic hydroxyl groups excluding tert-OH is 2. The number of nitrogens with one attached hydrogen (secondary N) is 1. The zero-order valence-electron chi connectivity index (χ0n) is 18.8. The van der Waals surface area contributed by atoms with Gasteiger partial charge in [-0.25, -0.2) is 0 Å². The van der Waals surface area contributed by atoms with Crippen LogP contribution in [-0.2, 0) is 4.79 Å². The molecule has 166 valence electrons. The Balaban J connectivity index is 3.59. The lowest BCUT2D eigenvalue weighted by Gasteiger charge is -2.25. The predicted octanol–water partition coefficient (Wildman–Crippen LogP) is 5.60. The number of Topliss-reactive ketones (excluding diaryl/α,β-unsaturated/α-hetero) is 1. The highest BCUT2D eigenvalue weighted by Gasteiger charge is 2.40. The number of hydrogen-bond donors (Lipinski definition) is 3. The Kier molecular flexibility index (Phi) is 16.6. The third kappa shape index (κ3) is 13.4. The molecule has 0 aromatic rings. The van der Waals surface area contributed by atoms with Crippen LogP contribution < -0.4 is 0 Å². The Labute approximate surface area is 173 Å². The fourth-order valence-electron chi connectivity index (χ4n) is 3.50. The minimum atomic E-state index is -0.790. The first kappa shape index (κ1) is 27.2. The van der Waals surface area contributed by atoms with E-state index in [2.05, 4.69) is 6.92 Å². The van der Waals surface area contributed by atoms with Gasteiger partial charge in [-0.3, -0.25) is 4.79 Å². The first-order chi connectivity index (χ1) is 13.4. The van der Waals surface area contributed by atoms with Crippen LogP contribution >= 0.6 is 0 Å². The van der Waals surface area contributed by atoms with E-state index in [4.69, 9.17) is 10.6 Å². The standard InChI is InChI=1S/C23H47N2O3/c1-4-5-6-7-8-9-10-11-12-13-14-15-16-17-18-22(28)23(2,3)25(24)19-21(27)20-26/h22,24,26,28H,4-20H2,1-3H3/q+1. The van der Waals surface area contributed by atoms with Gasteiger partial charge >= 0.3 is 0 Å². The molecule has 0 bridgehead atoms. The summed E-state index contributed by atoms with van der Waals surface area (Å²) in [7, 11) is 0. The Morgan fingerprint density at radius 2 is 1.25 bits per heavy atom. The first-order valence-electron chi connectivity index (χ1n) is 11.7. The van der Waals surface area contributed by atoms with Crippen molar-refractivity contribution in [3.05, 3.63) is 0 Å². The summed E-state index contributed by atoms with van der Waals surface area (Å²) in [6, 6.07) is 0. The minimum absolute atomic E-state index is 0.153. The van der Waals surface area contributed by atoms with Gasteiger partial charge in [-0.05, 0) is 6.42 Å². The van der Waals surface area contributed by atoms with Crippen LogP contribution in [0.25, 0.3) is 0 Å². The summed E-state index contributed by atoms with van der Waals surface area (Å²) in [5, 5.41) is 19.2. The number of nitrogens with zero attached hydrogens (tertiary/aromatic N) is 1. The van der Waals surface area contributed by atoms with E-state index < -0.39 is 24.0 Å². The van der Waals surface area contributed by atoms with Crippen LogP contribution in [0, 0.1) is 5.53 Å². The minimum Gasteiger partial charge on any atom is -0.388 e. The molecule has 0 aliphatic heterocycles. The molecule has 0 radical (unpaired) electrons. The highest BCUT2D eigenvalue weighted by Crippen LogP contribution is 2.20. The molecule has 1 unspecified atom stereocenters. The number of carbonyl (C=O) groups excluding carboxylic acids is 1. The average molecular weight is 400 g/mol. The monoisotopic (exact) mass is 399 g/mol. The summed E-state index contributed by atoms with van der Waals surface area (Å²) in [5.74, 6) is -0.397. The molecule has 0 rings (SSSR count). The number of ketones is 1. The van der Waals surface area contributed by atoms with E-state index >= 15 is 0 Å². The maximum atomic E-state index is 11.3. The molecule has 0 aromatic carbocycles. The summed E-state index contributed by atoms with van der Waals surface area (Å²) in [6.07, 6.45) is 18.3. The second kappa shape index (κ2) is 17.1. The Bertz CT molecular complexity index is 411. The summed E-state index contributed by atoms with van der Waals surface area (Å²) in [4.78, 5) is 11.3. The van der Waals surface area contributed by atoms with Crippen LogP contribution in [0.2, 0.25) is 0 Å². The van der Waals surface area contributed by atoms with Gasteiger partial charge in [0.15, 0.2) is 0 Å². The molecule has 5 heteroatoms. The van der Waals surface area contributed by atoms with Gasteiger partial charge in [0.05, 0.1) is 0 Å². The average Bonchev–Trinajstić information content (AvgIpc) is 2.67. The second-order valence-corrected chi connectivity index (χ2v) is 8.84. The van der Waals surface area contributed by atoms with E-state index in [0.717, 1.165) is 17.5 Å². The van der Waals surface area contributed by atoms with E-state index in [1.54, 1.807) is 13.8 Å². The lowest BCUT2D eigenvalue weighted by molar-refractivity contribution is -0.678. The van der Waals surface area contributed by atoms with Gasteiger partial charge < -0.3 is 10.2 Å². The highest BCUT2D eigenvalue weighted by molar-refractivity contribution is 5.80. The summed E-state index contributed by atoms with van der Waals surface area (Å²) >= 11 is 0. The van der Waals surface area contributed by atoms with Gasteiger partial charge in [-0.1, -0.05) is 102 Å². The molecule has 5 nitrogen and oxygen atoms in total. The number of rotatable bonds is 20.